The summed E-state index contributed by atoms with van der Waals surface area (Å²) >= 11 is 0. The molecular weight excluding hydrogens is 283 g/mol. The Labute approximate surface area is 127 Å². The van der Waals surface area contributed by atoms with Gasteiger partial charge in [0, 0.05) is 6.07 Å². The fraction of sp³-hybridized carbons (Fsp3) is 0.167. The van der Waals surface area contributed by atoms with Crippen LogP contribution in [-0.4, -0.2) is 6.61 Å². The molecule has 1 heterocycles. The Morgan fingerprint density at radius 3 is 2.55 bits per heavy atom. The summed E-state index contributed by atoms with van der Waals surface area (Å²) in [6, 6.07) is 11.0. The highest BCUT2D eigenvalue weighted by molar-refractivity contribution is 5.83. The van der Waals surface area contributed by atoms with Gasteiger partial charge in [-0.25, -0.2) is 4.39 Å². The first kappa shape index (κ1) is 14.3. The molecule has 0 bridgehead atoms. The minimum atomic E-state index is -0.340. The lowest BCUT2D eigenvalue weighted by Crippen LogP contribution is -2.07. The molecule has 0 N–H and O–H groups in total. The van der Waals surface area contributed by atoms with Gasteiger partial charge in [0.1, 0.15) is 22.9 Å². The highest BCUT2D eigenvalue weighted by Gasteiger charge is 2.14. The van der Waals surface area contributed by atoms with Crippen molar-refractivity contribution in [1.82, 2.24) is 0 Å². The summed E-state index contributed by atoms with van der Waals surface area (Å²) in [4.78, 5) is 12.7. The van der Waals surface area contributed by atoms with Crippen molar-refractivity contribution in [2.75, 3.05) is 6.61 Å². The Balaban J connectivity index is 2.22. The summed E-state index contributed by atoms with van der Waals surface area (Å²) in [5.74, 6) is 0.817. The van der Waals surface area contributed by atoms with E-state index in [1.807, 2.05) is 6.92 Å². The normalized spacial score (nSPS) is 10.9. The minimum Gasteiger partial charge on any atom is -0.494 e. The summed E-state index contributed by atoms with van der Waals surface area (Å²) in [5.41, 5.74) is 1.45. The lowest BCUT2D eigenvalue weighted by atomic mass is 10.0. The molecule has 3 aromatic rings. The van der Waals surface area contributed by atoms with E-state index in [1.165, 1.54) is 12.1 Å². The smallest absolute Gasteiger partial charge is 0.200 e. The maximum absolute atomic E-state index is 13.1. The number of hydrogen-bond donors (Lipinski definition) is 0. The van der Waals surface area contributed by atoms with Gasteiger partial charge in [0.25, 0.3) is 0 Å². The molecule has 0 atom stereocenters. The largest absolute Gasteiger partial charge is 0.494 e. The molecule has 4 heteroatoms. The lowest BCUT2D eigenvalue weighted by molar-refractivity contribution is 0.340. The van der Waals surface area contributed by atoms with Crippen LogP contribution >= 0.6 is 0 Å². The zero-order chi connectivity index (χ0) is 15.7. The Kier molecular flexibility index (Phi) is 3.67. The maximum Gasteiger partial charge on any atom is 0.200 e. The van der Waals surface area contributed by atoms with Gasteiger partial charge in [0.2, 0.25) is 5.43 Å². The first-order valence-corrected chi connectivity index (χ1v) is 7.06. The van der Waals surface area contributed by atoms with Crippen LogP contribution in [0.4, 0.5) is 4.39 Å². The van der Waals surface area contributed by atoms with E-state index in [9.17, 15) is 9.18 Å². The van der Waals surface area contributed by atoms with Crippen LogP contribution in [0.2, 0.25) is 0 Å². The molecule has 0 amide bonds. The Hall–Kier alpha value is -2.62. The van der Waals surface area contributed by atoms with Crippen LogP contribution in [0.15, 0.2) is 51.7 Å². The standard InChI is InChI=1S/C18H15FO3/c1-3-21-14-8-9-15-16(10-14)22-11(2)17(18(15)20)12-4-6-13(19)7-5-12/h4-10H,3H2,1-2H3. The molecule has 0 unspecified atom stereocenters. The van der Waals surface area contributed by atoms with Gasteiger partial charge in [-0.3, -0.25) is 4.79 Å². The van der Waals surface area contributed by atoms with Crippen molar-refractivity contribution >= 4 is 11.0 Å². The van der Waals surface area contributed by atoms with Crippen LogP contribution < -0.4 is 10.2 Å². The first-order chi connectivity index (χ1) is 10.6. The van der Waals surface area contributed by atoms with E-state index in [0.717, 1.165) is 0 Å². The van der Waals surface area contributed by atoms with E-state index in [4.69, 9.17) is 9.15 Å². The van der Waals surface area contributed by atoms with Crippen LogP contribution in [-0.2, 0) is 0 Å². The second kappa shape index (κ2) is 5.64. The topological polar surface area (TPSA) is 39.4 Å². The SMILES string of the molecule is CCOc1ccc2c(=O)c(-c3ccc(F)cc3)c(C)oc2c1. The Morgan fingerprint density at radius 2 is 1.86 bits per heavy atom. The molecule has 22 heavy (non-hydrogen) atoms. The van der Waals surface area contributed by atoms with Crippen molar-refractivity contribution in [3.05, 3.63) is 64.3 Å². The first-order valence-electron chi connectivity index (χ1n) is 7.06. The number of ether oxygens (including phenoxy) is 1. The summed E-state index contributed by atoms with van der Waals surface area (Å²) < 4.78 is 24.2. The molecule has 3 rings (SSSR count). The van der Waals surface area contributed by atoms with Gasteiger partial charge < -0.3 is 9.15 Å². The van der Waals surface area contributed by atoms with Crippen molar-refractivity contribution in [3.8, 4) is 16.9 Å². The molecule has 0 fully saturated rings. The predicted octanol–water partition coefficient (Wildman–Crippen LogP) is 4.31. The van der Waals surface area contributed by atoms with Gasteiger partial charge in [0.05, 0.1) is 17.6 Å². The van der Waals surface area contributed by atoms with Gasteiger partial charge in [-0.1, -0.05) is 12.1 Å². The Bertz CT molecular complexity index is 879. The van der Waals surface area contributed by atoms with Gasteiger partial charge in [-0.05, 0) is 43.7 Å². The van der Waals surface area contributed by atoms with E-state index >= 15 is 0 Å². The van der Waals surface area contributed by atoms with Crippen LogP contribution in [0.5, 0.6) is 5.75 Å². The van der Waals surface area contributed by atoms with Crippen molar-refractivity contribution < 1.29 is 13.5 Å². The summed E-state index contributed by atoms with van der Waals surface area (Å²) in [5, 5.41) is 0.480. The molecule has 3 nitrogen and oxygen atoms in total. The summed E-state index contributed by atoms with van der Waals surface area (Å²) in [6.07, 6.45) is 0. The quantitative estimate of drug-likeness (QED) is 0.723. The average molecular weight is 298 g/mol. The van der Waals surface area contributed by atoms with E-state index in [-0.39, 0.29) is 11.2 Å². The van der Waals surface area contributed by atoms with Crippen LogP contribution in [0, 0.1) is 12.7 Å². The number of hydrogen-bond acceptors (Lipinski definition) is 3. The molecule has 112 valence electrons. The number of fused-ring (bicyclic) bond motifs is 1. The molecule has 0 aliphatic carbocycles. The number of benzene rings is 2. The molecule has 0 aliphatic heterocycles. The third kappa shape index (κ3) is 2.48. The molecule has 0 spiro atoms. The molecular formula is C18H15FO3. The molecule has 0 radical (unpaired) electrons. The fourth-order valence-corrected chi connectivity index (χ4v) is 2.49. The van der Waals surface area contributed by atoms with Gasteiger partial charge >= 0.3 is 0 Å². The van der Waals surface area contributed by atoms with Crippen molar-refractivity contribution in [2.24, 2.45) is 0 Å². The third-order valence-electron chi connectivity index (χ3n) is 3.48. The monoisotopic (exact) mass is 298 g/mol. The van der Waals surface area contributed by atoms with Crippen molar-refractivity contribution in [1.29, 1.82) is 0 Å². The number of aryl methyl sites for hydroxylation is 1. The van der Waals surface area contributed by atoms with Gasteiger partial charge in [-0.15, -0.1) is 0 Å². The number of halogens is 1. The second-order valence-corrected chi connectivity index (χ2v) is 4.96. The van der Waals surface area contributed by atoms with Gasteiger partial charge in [0.15, 0.2) is 0 Å². The maximum atomic E-state index is 13.1. The summed E-state index contributed by atoms with van der Waals surface area (Å²) in [6.45, 7) is 4.17. The van der Waals surface area contributed by atoms with E-state index in [2.05, 4.69) is 0 Å². The summed E-state index contributed by atoms with van der Waals surface area (Å²) in [7, 11) is 0. The van der Waals surface area contributed by atoms with E-state index < -0.39 is 0 Å². The third-order valence-corrected chi connectivity index (χ3v) is 3.48. The zero-order valence-corrected chi connectivity index (χ0v) is 12.4. The highest BCUT2D eigenvalue weighted by Crippen LogP contribution is 2.26. The van der Waals surface area contributed by atoms with Crippen LogP contribution in [0.1, 0.15) is 12.7 Å². The van der Waals surface area contributed by atoms with E-state index in [1.54, 1.807) is 37.3 Å². The van der Waals surface area contributed by atoms with Gasteiger partial charge in [-0.2, -0.15) is 0 Å². The van der Waals surface area contributed by atoms with Crippen LogP contribution in [0.3, 0.4) is 0 Å². The van der Waals surface area contributed by atoms with Crippen molar-refractivity contribution in [3.63, 3.8) is 0 Å². The van der Waals surface area contributed by atoms with Crippen molar-refractivity contribution in [2.45, 2.75) is 13.8 Å². The molecule has 2 aromatic carbocycles. The molecule has 0 saturated carbocycles. The molecule has 1 aromatic heterocycles. The fourth-order valence-electron chi connectivity index (χ4n) is 2.49. The Morgan fingerprint density at radius 1 is 1.14 bits per heavy atom. The van der Waals surface area contributed by atoms with Crippen LogP contribution in [0.25, 0.3) is 22.1 Å². The predicted molar refractivity (Wildman–Crippen MR) is 83.8 cm³/mol. The minimum absolute atomic E-state index is 0.131. The highest BCUT2D eigenvalue weighted by atomic mass is 19.1. The molecule has 0 saturated heterocycles. The second-order valence-electron chi connectivity index (χ2n) is 4.96. The lowest BCUT2D eigenvalue weighted by Gasteiger charge is -2.08. The molecule has 0 aliphatic rings. The zero-order valence-electron chi connectivity index (χ0n) is 12.4. The average Bonchev–Trinajstić information content (AvgIpc) is 2.49. The number of rotatable bonds is 3. The van der Waals surface area contributed by atoms with E-state index in [0.29, 0.717) is 40.2 Å².